The fourth-order valence-electron chi connectivity index (χ4n) is 4.56. The number of hydrogen-bond donors (Lipinski definition) is 0. The van der Waals surface area contributed by atoms with E-state index in [4.69, 9.17) is 37.7 Å². The lowest BCUT2D eigenvalue weighted by atomic mass is 9.88. The summed E-state index contributed by atoms with van der Waals surface area (Å²) in [7, 11) is 2.86. The van der Waals surface area contributed by atoms with Gasteiger partial charge in [0, 0.05) is 12.7 Å². The lowest BCUT2D eigenvalue weighted by molar-refractivity contribution is -0.272. The highest BCUT2D eigenvalue weighted by molar-refractivity contribution is 6.05. The summed E-state index contributed by atoms with van der Waals surface area (Å²) in [5.74, 6) is 0.600. The summed E-state index contributed by atoms with van der Waals surface area (Å²) in [6.07, 6.45) is -1.17. The largest absolute Gasteiger partial charge is 0.509 e. The summed E-state index contributed by atoms with van der Waals surface area (Å²) in [6.45, 7) is 12.7. The molecule has 1 aromatic heterocycles. The number of fused-ring (bicyclic) bond motifs is 2. The van der Waals surface area contributed by atoms with Crippen molar-refractivity contribution in [3.63, 3.8) is 0 Å². The van der Waals surface area contributed by atoms with Crippen LogP contribution in [0.15, 0.2) is 51.8 Å². The van der Waals surface area contributed by atoms with Gasteiger partial charge in [0.05, 0.1) is 11.1 Å². The molecule has 2 aliphatic rings. The molecule has 0 aliphatic carbocycles. The summed E-state index contributed by atoms with van der Waals surface area (Å²) in [5.41, 5.74) is -0.569. The van der Waals surface area contributed by atoms with E-state index in [-0.39, 0.29) is 29.2 Å². The Kier molecular flexibility index (Phi) is 7.28. The number of methoxy groups -OCH3 is 1. The Balaban J connectivity index is 1.78. The molecular formula is C26H29NO10. The van der Waals surface area contributed by atoms with Crippen LogP contribution in [0.25, 0.3) is 11.0 Å². The second kappa shape index (κ2) is 10.3. The van der Waals surface area contributed by atoms with Crippen LogP contribution in [0.5, 0.6) is 11.5 Å². The zero-order valence-electron chi connectivity index (χ0n) is 21.3. The molecule has 0 bridgehead atoms. The molecule has 2 fully saturated rings. The van der Waals surface area contributed by atoms with Crippen LogP contribution in [0, 0.1) is 6.92 Å². The van der Waals surface area contributed by atoms with E-state index in [1.165, 1.54) is 14.2 Å². The van der Waals surface area contributed by atoms with Crippen molar-refractivity contribution in [2.75, 3.05) is 20.8 Å². The molecule has 1 unspecified atom stereocenters. The first-order chi connectivity index (χ1) is 17.7. The number of hydrogen-bond acceptors (Lipinski definition) is 11. The molecule has 2 aliphatic heterocycles. The summed E-state index contributed by atoms with van der Waals surface area (Å²) < 4.78 is 40.1. The van der Waals surface area contributed by atoms with E-state index < -0.39 is 42.0 Å². The van der Waals surface area contributed by atoms with Crippen LogP contribution in [0.3, 0.4) is 0 Å². The van der Waals surface area contributed by atoms with Crippen LogP contribution in [0.2, 0.25) is 0 Å². The quantitative estimate of drug-likeness (QED) is 0.161. The van der Waals surface area contributed by atoms with E-state index in [0.717, 1.165) is 0 Å². The smallest absolute Gasteiger partial charge is 0.488 e. The molecule has 11 nitrogen and oxygen atoms in total. The number of carbonyl (C=O) groups is 1. The van der Waals surface area contributed by atoms with Crippen molar-refractivity contribution in [2.24, 2.45) is 5.16 Å². The topological polar surface area (TPSA) is 124 Å². The average molecular weight is 516 g/mol. The summed E-state index contributed by atoms with van der Waals surface area (Å²) in [5, 5.41) is 4.37. The zero-order chi connectivity index (χ0) is 26.9. The molecule has 1 aromatic carbocycles. The van der Waals surface area contributed by atoms with Gasteiger partial charge in [0.15, 0.2) is 6.10 Å². The molecule has 2 aromatic rings. The Hall–Kier alpha value is -3.83. The highest BCUT2D eigenvalue weighted by atomic mass is 16.8. The normalized spacial score (nSPS) is 27.2. The number of ether oxygens (including phenoxy) is 6. The number of rotatable bonds is 9. The SMILES string of the molecule is C=CCOc1c(C(C)=NOC)c(=O)oc2c(C)c(OC3O[C@@](C)(C=C)[C@H](OC)[C@H]4OC(=O)O[C@@H]34)ccc12. The number of carbonyl (C=O) groups excluding carboxylic acids is 1. The van der Waals surface area contributed by atoms with Crippen molar-refractivity contribution in [2.45, 2.75) is 51.0 Å². The Morgan fingerprint density at radius 3 is 2.57 bits per heavy atom. The van der Waals surface area contributed by atoms with Crippen LogP contribution in [-0.4, -0.2) is 62.9 Å². The van der Waals surface area contributed by atoms with Gasteiger partial charge in [-0.25, -0.2) is 9.59 Å². The molecule has 0 amide bonds. The molecule has 2 saturated heterocycles. The molecular weight excluding hydrogens is 486 g/mol. The molecule has 37 heavy (non-hydrogen) atoms. The highest BCUT2D eigenvalue weighted by Crippen LogP contribution is 2.41. The first kappa shape index (κ1) is 26.2. The van der Waals surface area contributed by atoms with Crippen LogP contribution in [-0.2, 0) is 23.8 Å². The van der Waals surface area contributed by atoms with Gasteiger partial charge in [-0.3, -0.25) is 0 Å². The maximum absolute atomic E-state index is 13.0. The van der Waals surface area contributed by atoms with Crippen molar-refractivity contribution in [1.29, 1.82) is 0 Å². The van der Waals surface area contributed by atoms with E-state index in [1.54, 1.807) is 45.1 Å². The summed E-state index contributed by atoms with van der Waals surface area (Å²) in [6, 6.07) is 3.36. The highest BCUT2D eigenvalue weighted by Gasteiger charge is 2.59. The first-order valence-corrected chi connectivity index (χ1v) is 11.5. The Morgan fingerprint density at radius 2 is 1.92 bits per heavy atom. The minimum Gasteiger partial charge on any atom is -0.488 e. The van der Waals surface area contributed by atoms with E-state index in [1.807, 2.05) is 0 Å². The van der Waals surface area contributed by atoms with Crippen LogP contribution in [0.1, 0.15) is 25.0 Å². The predicted octanol–water partition coefficient (Wildman–Crippen LogP) is 3.64. The second-order valence-electron chi connectivity index (χ2n) is 8.68. The Morgan fingerprint density at radius 1 is 1.19 bits per heavy atom. The van der Waals surface area contributed by atoms with Gasteiger partial charge in [0.25, 0.3) is 0 Å². The first-order valence-electron chi connectivity index (χ1n) is 11.5. The number of nitrogens with zero attached hydrogens (tertiary/aromatic N) is 1. The van der Waals surface area contributed by atoms with Crippen LogP contribution < -0.4 is 15.1 Å². The van der Waals surface area contributed by atoms with Crippen molar-refractivity contribution in [3.8, 4) is 11.5 Å². The fraction of sp³-hybridized carbons (Fsp3) is 0.423. The third-order valence-corrected chi connectivity index (χ3v) is 6.35. The molecule has 0 spiro atoms. The van der Waals surface area contributed by atoms with Gasteiger partial charge in [-0.2, -0.15) is 0 Å². The van der Waals surface area contributed by atoms with Gasteiger partial charge >= 0.3 is 11.8 Å². The standard InChI is InChI=1S/C26H29NO10/c1-8-12-32-19-15-10-11-16(13(3)18(15)34-23(28)17(19)14(4)27-31-7)33-24-21-20(35-25(29)36-21)22(30-6)26(5,9-2)37-24/h8-11,20-22,24H,1-2,12H2,3-7H3/t20-,21+,22+,24?,26-/m0/s1. The molecule has 198 valence electrons. The van der Waals surface area contributed by atoms with Gasteiger partial charge in [-0.05, 0) is 32.9 Å². The molecule has 5 atom stereocenters. The lowest BCUT2D eigenvalue weighted by Gasteiger charge is -2.45. The number of benzene rings is 1. The van der Waals surface area contributed by atoms with Gasteiger partial charge < -0.3 is 37.7 Å². The van der Waals surface area contributed by atoms with E-state index in [9.17, 15) is 9.59 Å². The van der Waals surface area contributed by atoms with E-state index >= 15 is 0 Å². The molecule has 0 radical (unpaired) electrons. The lowest BCUT2D eigenvalue weighted by Crippen LogP contribution is -2.63. The third-order valence-electron chi connectivity index (χ3n) is 6.35. The van der Waals surface area contributed by atoms with Crippen molar-refractivity contribution in [3.05, 3.63) is 59.0 Å². The maximum atomic E-state index is 13.0. The third kappa shape index (κ3) is 4.56. The van der Waals surface area contributed by atoms with Gasteiger partial charge in [-0.1, -0.05) is 23.9 Å². The van der Waals surface area contributed by atoms with Gasteiger partial charge in [0.1, 0.15) is 48.1 Å². The van der Waals surface area contributed by atoms with Gasteiger partial charge in [-0.15, -0.1) is 6.58 Å². The van der Waals surface area contributed by atoms with Crippen molar-refractivity contribution >= 4 is 22.8 Å². The monoisotopic (exact) mass is 515 g/mol. The van der Waals surface area contributed by atoms with Crippen molar-refractivity contribution < 1.29 is 42.5 Å². The second-order valence-corrected chi connectivity index (χ2v) is 8.68. The number of aryl methyl sites for hydroxylation is 1. The Labute approximate surface area is 213 Å². The zero-order valence-corrected chi connectivity index (χ0v) is 21.3. The maximum Gasteiger partial charge on any atom is 0.509 e. The van der Waals surface area contributed by atoms with Crippen LogP contribution in [0.4, 0.5) is 4.79 Å². The van der Waals surface area contributed by atoms with Gasteiger partial charge in [0.2, 0.25) is 12.4 Å². The van der Waals surface area contributed by atoms with E-state index in [2.05, 4.69) is 18.3 Å². The van der Waals surface area contributed by atoms with Crippen LogP contribution >= 0.6 is 0 Å². The summed E-state index contributed by atoms with van der Waals surface area (Å²) in [4.78, 5) is 29.8. The summed E-state index contributed by atoms with van der Waals surface area (Å²) >= 11 is 0. The molecule has 0 saturated carbocycles. The minimum atomic E-state index is -1.07. The molecule has 11 heteroatoms. The van der Waals surface area contributed by atoms with E-state index in [0.29, 0.717) is 16.7 Å². The predicted molar refractivity (Wildman–Crippen MR) is 132 cm³/mol. The van der Waals surface area contributed by atoms with Crippen molar-refractivity contribution in [1.82, 2.24) is 0 Å². The molecule has 0 N–H and O–H groups in total. The molecule has 4 rings (SSSR count). The minimum absolute atomic E-state index is 0.130. The average Bonchev–Trinajstić information content (AvgIpc) is 3.25. The fourth-order valence-corrected chi connectivity index (χ4v) is 4.56. The molecule has 3 heterocycles. The Bertz CT molecular complexity index is 1310. The number of oxime groups is 1.